The van der Waals surface area contributed by atoms with E-state index in [0.29, 0.717) is 17.1 Å². The maximum atomic E-state index is 12.8. The zero-order valence-electron chi connectivity index (χ0n) is 12.6. The van der Waals surface area contributed by atoms with E-state index in [1.54, 1.807) is 0 Å². The summed E-state index contributed by atoms with van der Waals surface area (Å²) in [6, 6.07) is 0. The minimum absolute atomic E-state index is 0.0652. The van der Waals surface area contributed by atoms with Crippen molar-refractivity contribution in [2.75, 3.05) is 0 Å². The fourth-order valence-electron chi connectivity index (χ4n) is 6.76. The molecule has 0 aromatic carbocycles. The summed E-state index contributed by atoms with van der Waals surface area (Å²) in [5.74, 6) is 3.64. The van der Waals surface area contributed by atoms with Crippen molar-refractivity contribution in [3.63, 3.8) is 0 Å². The molecule has 0 aromatic rings. The van der Waals surface area contributed by atoms with E-state index in [1.807, 2.05) is 0 Å². The van der Waals surface area contributed by atoms with Crippen molar-refractivity contribution < 1.29 is 4.79 Å². The zero-order chi connectivity index (χ0) is 13.3. The molecule has 2 bridgehead atoms. The Balaban J connectivity index is 1.72. The van der Waals surface area contributed by atoms with Crippen molar-refractivity contribution in [2.45, 2.75) is 71.6 Å². The van der Waals surface area contributed by atoms with Gasteiger partial charge in [-0.2, -0.15) is 0 Å². The van der Waals surface area contributed by atoms with Crippen LogP contribution in [0.3, 0.4) is 0 Å². The third kappa shape index (κ3) is 1.51. The Morgan fingerprint density at radius 2 is 1.74 bits per heavy atom. The summed E-state index contributed by atoms with van der Waals surface area (Å²) in [7, 11) is 0. The predicted molar refractivity (Wildman–Crippen MR) is 76.7 cm³/mol. The predicted octanol–water partition coefficient (Wildman–Crippen LogP) is 4.60. The summed E-state index contributed by atoms with van der Waals surface area (Å²) in [6.07, 6.45) is 12.0. The molecule has 0 saturated heterocycles. The van der Waals surface area contributed by atoms with E-state index in [2.05, 4.69) is 13.8 Å². The monoisotopic (exact) mass is 260 g/mol. The van der Waals surface area contributed by atoms with Gasteiger partial charge in [0.1, 0.15) is 5.78 Å². The molecule has 4 aliphatic carbocycles. The lowest BCUT2D eigenvalue weighted by Crippen LogP contribution is -2.55. The lowest BCUT2D eigenvalue weighted by atomic mass is 9.45. The highest BCUT2D eigenvalue weighted by Crippen LogP contribution is 2.64. The molecule has 4 fully saturated rings. The van der Waals surface area contributed by atoms with Crippen molar-refractivity contribution in [2.24, 2.45) is 34.5 Å². The van der Waals surface area contributed by atoms with E-state index >= 15 is 0 Å². The number of hydrogen-bond acceptors (Lipinski definition) is 1. The molecule has 0 unspecified atom stereocenters. The fraction of sp³-hybridized carbons (Fsp3) is 0.944. The molecule has 0 heterocycles. The van der Waals surface area contributed by atoms with Crippen molar-refractivity contribution in [3.05, 3.63) is 0 Å². The molecule has 0 amide bonds. The van der Waals surface area contributed by atoms with Gasteiger partial charge in [0, 0.05) is 11.3 Å². The van der Waals surface area contributed by atoms with E-state index in [1.165, 1.54) is 57.8 Å². The van der Waals surface area contributed by atoms with Gasteiger partial charge < -0.3 is 0 Å². The van der Waals surface area contributed by atoms with Gasteiger partial charge in [0.15, 0.2) is 0 Å². The molecule has 4 saturated carbocycles. The first-order valence-corrected chi connectivity index (χ1v) is 8.59. The first-order chi connectivity index (χ1) is 9.05. The Labute approximate surface area is 117 Å². The van der Waals surface area contributed by atoms with Gasteiger partial charge in [0.2, 0.25) is 0 Å². The minimum atomic E-state index is 0.0652. The van der Waals surface area contributed by atoms with E-state index in [-0.39, 0.29) is 5.41 Å². The van der Waals surface area contributed by atoms with Gasteiger partial charge in [-0.3, -0.25) is 4.79 Å². The summed E-state index contributed by atoms with van der Waals surface area (Å²) >= 11 is 0. The molecule has 6 atom stereocenters. The molecule has 4 aliphatic rings. The molecule has 19 heavy (non-hydrogen) atoms. The van der Waals surface area contributed by atoms with Crippen LogP contribution in [-0.4, -0.2) is 5.78 Å². The fourth-order valence-corrected chi connectivity index (χ4v) is 6.76. The van der Waals surface area contributed by atoms with Crippen LogP contribution in [0.5, 0.6) is 0 Å². The highest BCUT2D eigenvalue weighted by atomic mass is 16.1. The number of rotatable bonds is 0. The molecule has 4 rings (SSSR count). The molecule has 0 N–H and O–H groups in total. The number of ketones is 1. The summed E-state index contributed by atoms with van der Waals surface area (Å²) in [4.78, 5) is 12.8. The molecule has 0 spiro atoms. The largest absolute Gasteiger partial charge is 0.299 e. The van der Waals surface area contributed by atoms with Crippen LogP contribution >= 0.6 is 0 Å². The van der Waals surface area contributed by atoms with E-state index < -0.39 is 0 Å². The standard InChI is InChI=1S/C18H28O/c1-17-8-4-6-14(17)13-11-12-5-3-9-18(2,16(12)19)15(13)7-10-17/h12-15H,3-11H2,1-2H3/t12-,13-,14+,15+,17-,18-/m0/s1. The number of carbonyl (C=O) groups excluding carboxylic acids is 1. The minimum Gasteiger partial charge on any atom is -0.299 e. The molecule has 0 radical (unpaired) electrons. The quantitative estimate of drug-likeness (QED) is 0.622. The van der Waals surface area contributed by atoms with Crippen LogP contribution in [0.2, 0.25) is 0 Å². The zero-order valence-corrected chi connectivity index (χ0v) is 12.6. The number of carbonyl (C=O) groups is 1. The normalized spacial score (nSPS) is 56.6. The molecular formula is C18H28O. The van der Waals surface area contributed by atoms with E-state index in [0.717, 1.165) is 17.8 Å². The third-order valence-corrected chi connectivity index (χ3v) is 7.78. The molecular weight excluding hydrogens is 232 g/mol. The van der Waals surface area contributed by atoms with E-state index in [9.17, 15) is 4.79 Å². The van der Waals surface area contributed by atoms with Crippen LogP contribution < -0.4 is 0 Å². The maximum absolute atomic E-state index is 12.8. The summed E-state index contributed by atoms with van der Waals surface area (Å²) in [5, 5.41) is 0. The summed E-state index contributed by atoms with van der Waals surface area (Å²) < 4.78 is 0. The Kier molecular flexibility index (Phi) is 2.52. The second-order valence-electron chi connectivity index (χ2n) is 8.57. The van der Waals surface area contributed by atoms with Gasteiger partial charge >= 0.3 is 0 Å². The van der Waals surface area contributed by atoms with Crippen LogP contribution in [0.1, 0.15) is 71.6 Å². The van der Waals surface area contributed by atoms with Crippen LogP contribution in [0.25, 0.3) is 0 Å². The lowest BCUT2D eigenvalue weighted by molar-refractivity contribution is -0.157. The van der Waals surface area contributed by atoms with Crippen LogP contribution in [0, 0.1) is 34.5 Å². The van der Waals surface area contributed by atoms with Crippen molar-refractivity contribution in [3.8, 4) is 0 Å². The molecule has 1 nitrogen and oxygen atoms in total. The van der Waals surface area contributed by atoms with Crippen LogP contribution in [-0.2, 0) is 4.79 Å². The summed E-state index contributed by atoms with van der Waals surface area (Å²) in [5.41, 5.74) is 0.696. The van der Waals surface area contributed by atoms with Crippen molar-refractivity contribution in [1.29, 1.82) is 0 Å². The second-order valence-corrected chi connectivity index (χ2v) is 8.57. The van der Waals surface area contributed by atoms with Gasteiger partial charge in [-0.1, -0.05) is 26.7 Å². The van der Waals surface area contributed by atoms with Crippen molar-refractivity contribution >= 4 is 5.78 Å². The molecule has 0 aliphatic heterocycles. The van der Waals surface area contributed by atoms with Gasteiger partial charge in [-0.05, 0) is 68.1 Å². The average molecular weight is 260 g/mol. The average Bonchev–Trinajstić information content (AvgIpc) is 2.75. The number of Topliss-reactive ketones (excluding diaryl/α,β-unsaturated/α-hetero) is 1. The smallest absolute Gasteiger partial charge is 0.142 e. The van der Waals surface area contributed by atoms with Gasteiger partial charge in [0.25, 0.3) is 0 Å². The highest BCUT2D eigenvalue weighted by Gasteiger charge is 2.59. The van der Waals surface area contributed by atoms with Crippen LogP contribution in [0.15, 0.2) is 0 Å². The maximum Gasteiger partial charge on any atom is 0.142 e. The molecule has 0 aromatic heterocycles. The first-order valence-electron chi connectivity index (χ1n) is 8.59. The lowest BCUT2D eigenvalue weighted by Gasteiger charge is -2.58. The molecule has 1 heteroatoms. The van der Waals surface area contributed by atoms with Gasteiger partial charge in [-0.25, -0.2) is 0 Å². The highest BCUT2D eigenvalue weighted by molar-refractivity contribution is 5.88. The third-order valence-electron chi connectivity index (χ3n) is 7.78. The topological polar surface area (TPSA) is 17.1 Å². The Bertz CT molecular complexity index is 414. The summed E-state index contributed by atoms with van der Waals surface area (Å²) in [6.45, 7) is 4.88. The number of hydrogen-bond donors (Lipinski definition) is 0. The van der Waals surface area contributed by atoms with Gasteiger partial charge in [0.05, 0.1) is 0 Å². The van der Waals surface area contributed by atoms with E-state index in [4.69, 9.17) is 0 Å². The molecule has 106 valence electrons. The second kappa shape index (κ2) is 3.86. The first kappa shape index (κ1) is 12.4. The van der Waals surface area contributed by atoms with Gasteiger partial charge in [-0.15, -0.1) is 0 Å². The Hall–Kier alpha value is -0.330. The Morgan fingerprint density at radius 3 is 2.58 bits per heavy atom. The van der Waals surface area contributed by atoms with Crippen LogP contribution in [0.4, 0.5) is 0 Å². The van der Waals surface area contributed by atoms with Crippen molar-refractivity contribution in [1.82, 2.24) is 0 Å². The SMILES string of the molecule is C[C@@]12CCC[C@@H]1[C@@H]1C[C@@H]3CCC[C@](C)(C3=O)[C@@H]1CC2. The number of fused-ring (bicyclic) bond motifs is 6. The Morgan fingerprint density at radius 1 is 0.947 bits per heavy atom.